The summed E-state index contributed by atoms with van der Waals surface area (Å²) in [4.78, 5) is 10.3. The maximum atomic E-state index is 6.06. The van der Waals surface area contributed by atoms with Crippen molar-refractivity contribution in [1.82, 2.24) is 20.0 Å². The van der Waals surface area contributed by atoms with Crippen LogP contribution in [0.2, 0.25) is 5.02 Å². The van der Waals surface area contributed by atoms with Crippen molar-refractivity contribution in [3.05, 3.63) is 66.4 Å². The third kappa shape index (κ3) is 6.80. The summed E-state index contributed by atoms with van der Waals surface area (Å²) in [6.45, 7) is 9.85. The summed E-state index contributed by atoms with van der Waals surface area (Å²) in [5.41, 5.74) is 7.03. The summed E-state index contributed by atoms with van der Waals surface area (Å²) in [5, 5.41) is 7.53. The normalized spacial score (nSPS) is 12.3. The van der Waals surface area contributed by atoms with Crippen LogP contribution in [0.3, 0.4) is 0 Å². The Balaban J connectivity index is 0.000000252. The molecule has 4 rings (SSSR count). The molecule has 0 bridgehead atoms. The lowest BCUT2D eigenvalue weighted by atomic mass is 10.2. The van der Waals surface area contributed by atoms with Gasteiger partial charge in [0.05, 0.1) is 16.5 Å². The molecule has 29 heavy (non-hydrogen) atoms. The van der Waals surface area contributed by atoms with E-state index >= 15 is 0 Å². The van der Waals surface area contributed by atoms with Gasteiger partial charge in [-0.05, 0) is 37.1 Å². The molecule has 1 aliphatic heterocycles. The zero-order chi connectivity index (χ0) is 21.1. The van der Waals surface area contributed by atoms with Crippen LogP contribution in [0.1, 0.15) is 26.7 Å². The lowest BCUT2D eigenvalue weighted by molar-refractivity contribution is 0.418. The lowest BCUT2D eigenvalue weighted by Gasteiger charge is -2.14. The quantitative estimate of drug-likeness (QED) is 0.615. The van der Waals surface area contributed by atoms with Crippen LogP contribution in [0.15, 0.2) is 65.9 Å². The number of hydrogen-bond acceptors (Lipinski definition) is 7. The molecule has 154 valence electrons. The van der Waals surface area contributed by atoms with E-state index in [1.165, 1.54) is 19.2 Å². The predicted molar refractivity (Wildman–Crippen MR) is 118 cm³/mol. The van der Waals surface area contributed by atoms with Gasteiger partial charge in [-0.1, -0.05) is 49.3 Å². The molecule has 1 fully saturated rings. The van der Waals surface area contributed by atoms with Gasteiger partial charge >= 0.3 is 0 Å². The summed E-state index contributed by atoms with van der Waals surface area (Å²) in [7, 11) is 0. The van der Waals surface area contributed by atoms with Gasteiger partial charge in [0.2, 0.25) is 12.2 Å². The highest BCUT2D eigenvalue weighted by Crippen LogP contribution is 2.24. The Hall–Kier alpha value is -3.06. The highest BCUT2D eigenvalue weighted by atomic mass is 35.5. The molecule has 0 aliphatic carbocycles. The van der Waals surface area contributed by atoms with Crippen molar-refractivity contribution in [3.8, 4) is 11.4 Å². The Morgan fingerprint density at radius 1 is 1.14 bits per heavy atom. The van der Waals surface area contributed by atoms with Crippen LogP contribution in [-0.2, 0) is 0 Å². The number of nitrogens with one attached hydrogen (secondary N) is 1. The number of para-hydroxylation sites is 1. The summed E-state index contributed by atoms with van der Waals surface area (Å²) < 4.78 is 4.69. The van der Waals surface area contributed by atoms with Crippen LogP contribution in [0.25, 0.3) is 11.4 Å². The number of likely N-dealkylation sites (tertiary alicyclic amines) is 1. The Morgan fingerprint density at radius 3 is 2.38 bits per heavy atom. The first-order chi connectivity index (χ1) is 14.1. The first-order valence-electron chi connectivity index (χ1n) is 9.57. The SMILES string of the molecule is C=C(N)N1CCCC1.CC.Clc1ccccc1Nc1ccc(-c2ncon2)cn1. The van der Waals surface area contributed by atoms with Crippen LogP contribution >= 0.6 is 11.6 Å². The number of pyridine rings is 1. The standard InChI is InChI=1S/C13H9ClN4O.C6H12N2.C2H6/c14-10-3-1-2-4-11(10)17-12-6-5-9(7-15-12)13-16-8-19-18-13;1-6(7)8-4-2-3-5-8;1-2/h1-8H,(H,15,17);1-5,7H2;1-2H3. The number of hydrogen-bond donors (Lipinski definition) is 2. The maximum Gasteiger partial charge on any atom is 0.214 e. The molecule has 0 amide bonds. The van der Waals surface area contributed by atoms with Crippen molar-refractivity contribution in [1.29, 1.82) is 0 Å². The van der Waals surface area contributed by atoms with Crippen molar-refractivity contribution in [3.63, 3.8) is 0 Å². The zero-order valence-electron chi connectivity index (χ0n) is 16.8. The molecule has 1 aliphatic rings. The molecule has 7 nitrogen and oxygen atoms in total. The van der Waals surface area contributed by atoms with E-state index in [-0.39, 0.29) is 0 Å². The van der Waals surface area contributed by atoms with Crippen LogP contribution in [-0.4, -0.2) is 33.1 Å². The number of rotatable bonds is 4. The highest BCUT2D eigenvalue weighted by Gasteiger charge is 2.09. The second-order valence-electron chi connectivity index (χ2n) is 5.98. The van der Waals surface area contributed by atoms with Crippen LogP contribution in [0, 0.1) is 0 Å². The van der Waals surface area contributed by atoms with Gasteiger partial charge in [0, 0.05) is 24.8 Å². The van der Waals surface area contributed by atoms with Crippen molar-refractivity contribution in [2.45, 2.75) is 26.7 Å². The minimum absolute atomic E-state index is 0.511. The molecular formula is C21H27ClN6O. The maximum absolute atomic E-state index is 6.06. The highest BCUT2D eigenvalue weighted by molar-refractivity contribution is 6.33. The average Bonchev–Trinajstić information content (AvgIpc) is 3.47. The van der Waals surface area contributed by atoms with E-state index in [9.17, 15) is 0 Å². The largest absolute Gasteiger partial charge is 0.386 e. The second-order valence-corrected chi connectivity index (χ2v) is 6.38. The fourth-order valence-corrected chi connectivity index (χ4v) is 2.79. The Morgan fingerprint density at radius 2 is 1.86 bits per heavy atom. The van der Waals surface area contributed by atoms with E-state index in [1.807, 2.05) is 50.2 Å². The molecule has 0 saturated carbocycles. The monoisotopic (exact) mass is 414 g/mol. The molecule has 3 aromatic rings. The summed E-state index contributed by atoms with van der Waals surface area (Å²) in [6, 6.07) is 11.2. The fourth-order valence-electron chi connectivity index (χ4n) is 2.60. The topological polar surface area (TPSA) is 93.1 Å². The number of aromatic nitrogens is 3. The minimum Gasteiger partial charge on any atom is -0.386 e. The van der Waals surface area contributed by atoms with E-state index in [4.69, 9.17) is 17.3 Å². The van der Waals surface area contributed by atoms with Gasteiger partial charge in [0.25, 0.3) is 0 Å². The van der Waals surface area contributed by atoms with Crippen molar-refractivity contribution in [2.24, 2.45) is 5.73 Å². The van der Waals surface area contributed by atoms with Crippen molar-refractivity contribution in [2.75, 3.05) is 18.4 Å². The summed E-state index contributed by atoms with van der Waals surface area (Å²) in [5.74, 6) is 1.93. The molecule has 0 radical (unpaired) electrons. The minimum atomic E-state index is 0.511. The number of nitrogens with zero attached hydrogens (tertiary/aromatic N) is 4. The smallest absolute Gasteiger partial charge is 0.214 e. The van der Waals surface area contributed by atoms with Crippen LogP contribution in [0.4, 0.5) is 11.5 Å². The number of nitrogens with two attached hydrogens (primary N) is 1. The van der Waals surface area contributed by atoms with Gasteiger partial charge < -0.3 is 20.5 Å². The second kappa shape index (κ2) is 11.7. The van der Waals surface area contributed by atoms with Gasteiger partial charge in [-0.15, -0.1) is 0 Å². The molecular weight excluding hydrogens is 388 g/mol. The third-order valence-electron chi connectivity index (χ3n) is 4.03. The molecule has 1 saturated heterocycles. The molecule has 2 aromatic heterocycles. The average molecular weight is 415 g/mol. The zero-order valence-corrected chi connectivity index (χ0v) is 17.6. The molecule has 8 heteroatoms. The summed E-state index contributed by atoms with van der Waals surface area (Å²) in [6.07, 6.45) is 5.50. The van der Waals surface area contributed by atoms with Gasteiger partial charge in [-0.2, -0.15) is 4.98 Å². The number of halogens is 1. The molecule has 0 unspecified atom stereocenters. The predicted octanol–water partition coefficient (Wildman–Crippen LogP) is 5.07. The molecule has 0 atom stereocenters. The van der Waals surface area contributed by atoms with Gasteiger partial charge in [-0.25, -0.2) is 4.98 Å². The van der Waals surface area contributed by atoms with Crippen molar-refractivity contribution >= 4 is 23.1 Å². The molecule has 3 heterocycles. The molecule has 0 spiro atoms. The van der Waals surface area contributed by atoms with E-state index in [0.29, 0.717) is 16.7 Å². The van der Waals surface area contributed by atoms with E-state index in [0.717, 1.165) is 30.2 Å². The summed E-state index contributed by atoms with van der Waals surface area (Å²) >= 11 is 6.06. The third-order valence-corrected chi connectivity index (χ3v) is 4.36. The molecule has 3 N–H and O–H groups in total. The van der Waals surface area contributed by atoms with E-state index < -0.39 is 0 Å². The fraction of sp³-hybridized carbons (Fsp3) is 0.286. The Bertz CT molecular complexity index is 861. The first kappa shape index (κ1) is 22.2. The number of benzene rings is 1. The van der Waals surface area contributed by atoms with Gasteiger partial charge in [-0.3, -0.25) is 0 Å². The van der Waals surface area contributed by atoms with Crippen molar-refractivity contribution < 1.29 is 4.52 Å². The van der Waals surface area contributed by atoms with E-state index in [1.54, 1.807) is 6.20 Å². The number of anilines is 2. The van der Waals surface area contributed by atoms with Gasteiger partial charge in [0.1, 0.15) is 5.82 Å². The van der Waals surface area contributed by atoms with Crippen LogP contribution < -0.4 is 11.1 Å². The first-order valence-corrected chi connectivity index (χ1v) is 9.95. The molecule has 1 aromatic carbocycles. The van der Waals surface area contributed by atoms with Crippen LogP contribution in [0.5, 0.6) is 0 Å². The van der Waals surface area contributed by atoms with Gasteiger partial charge in [0.15, 0.2) is 0 Å². The lowest BCUT2D eigenvalue weighted by Crippen LogP contribution is -2.22. The Labute approximate surface area is 176 Å². The Kier molecular flexibility index (Phi) is 8.98. The van der Waals surface area contributed by atoms with E-state index in [2.05, 4.69) is 36.4 Å².